The Hall–Kier alpha value is -8.96. The lowest BCUT2D eigenvalue weighted by atomic mass is 10.1. The average Bonchev–Trinajstić information content (AvgIpc) is 4.08. The molecule has 14 rings (SSSR count). The summed E-state index contributed by atoms with van der Waals surface area (Å²) in [6, 6.07) is 102. The molecule has 3 aromatic heterocycles. The van der Waals surface area contributed by atoms with E-state index in [1.165, 1.54) is 97.3 Å². The molecule has 0 spiro atoms. The van der Waals surface area contributed by atoms with Gasteiger partial charge in [0.15, 0.2) is 8.07 Å². The van der Waals surface area contributed by atoms with Gasteiger partial charge in [-0.15, -0.1) is 0 Å². The highest BCUT2D eigenvalue weighted by Gasteiger charge is 2.44. The van der Waals surface area contributed by atoms with Crippen molar-refractivity contribution in [1.82, 2.24) is 13.7 Å². The van der Waals surface area contributed by atoms with E-state index < -0.39 is 8.07 Å². The molecular formula is C66H45N3Si. The molecule has 0 bridgehead atoms. The van der Waals surface area contributed by atoms with E-state index in [-0.39, 0.29) is 0 Å². The zero-order chi connectivity index (χ0) is 46.2. The van der Waals surface area contributed by atoms with Crippen molar-refractivity contribution in [2.45, 2.75) is 0 Å². The van der Waals surface area contributed by atoms with E-state index in [0.29, 0.717) is 0 Å². The minimum Gasteiger partial charge on any atom is -0.309 e. The Morgan fingerprint density at radius 2 is 0.614 bits per heavy atom. The molecule has 0 amide bonds. The Balaban J connectivity index is 1.13. The first kappa shape index (κ1) is 40.1. The molecule has 0 fully saturated rings. The van der Waals surface area contributed by atoms with Crippen LogP contribution in [0.1, 0.15) is 0 Å². The largest absolute Gasteiger partial charge is 0.309 e. The maximum Gasteiger partial charge on any atom is 0.181 e. The Kier molecular flexibility index (Phi) is 9.23. The van der Waals surface area contributed by atoms with E-state index in [4.69, 9.17) is 0 Å². The lowest BCUT2D eigenvalue weighted by Gasteiger charge is -2.35. The molecule has 0 unspecified atom stereocenters. The van der Waals surface area contributed by atoms with Crippen LogP contribution in [0.2, 0.25) is 0 Å². The number of aromatic nitrogens is 3. The van der Waals surface area contributed by atoms with Gasteiger partial charge < -0.3 is 13.7 Å². The van der Waals surface area contributed by atoms with Gasteiger partial charge in [0.25, 0.3) is 0 Å². The molecule has 0 saturated heterocycles. The van der Waals surface area contributed by atoms with E-state index in [0.717, 1.165) is 17.1 Å². The van der Waals surface area contributed by atoms with Gasteiger partial charge in [0, 0.05) is 49.4 Å². The van der Waals surface area contributed by atoms with Crippen LogP contribution in [0, 0.1) is 0 Å². The predicted octanol–water partition coefficient (Wildman–Crippen LogP) is 14.0. The fourth-order valence-corrected chi connectivity index (χ4v) is 16.8. The van der Waals surface area contributed by atoms with Crippen LogP contribution in [0.25, 0.3) is 93.6 Å². The van der Waals surface area contributed by atoms with E-state index in [1.807, 2.05) is 0 Å². The van der Waals surface area contributed by atoms with Crippen molar-refractivity contribution in [3.63, 3.8) is 0 Å². The van der Waals surface area contributed by atoms with E-state index in [2.05, 4.69) is 287 Å². The van der Waals surface area contributed by atoms with Crippen molar-refractivity contribution in [2.75, 3.05) is 0 Å². The summed E-state index contributed by atoms with van der Waals surface area (Å²) >= 11 is 0. The first-order chi connectivity index (χ1) is 34.8. The molecule has 0 atom stereocenters. The molecule has 4 heteroatoms. The number of rotatable bonds is 8. The molecule has 0 saturated carbocycles. The third-order valence-corrected chi connectivity index (χ3v) is 19.5. The third-order valence-electron chi connectivity index (χ3n) is 14.7. The van der Waals surface area contributed by atoms with Gasteiger partial charge in [-0.25, -0.2) is 0 Å². The Bertz CT molecular complexity index is 4130. The third kappa shape index (κ3) is 6.00. The highest BCUT2D eigenvalue weighted by molar-refractivity contribution is 7.20. The maximum absolute atomic E-state index is 3.18. The van der Waals surface area contributed by atoms with Crippen LogP contribution in [-0.2, 0) is 0 Å². The summed E-state index contributed by atoms with van der Waals surface area (Å²) in [5.41, 5.74) is 13.0. The topological polar surface area (TPSA) is 14.8 Å². The summed E-state index contributed by atoms with van der Waals surface area (Å²) < 4.78 is 7.54. The lowest BCUT2D eigenvalue weighted by Crippen LogP contribution is -2.75. The summed E-state index contributed by atoms with van der Waals surface area (Å²) in [5.74, 6) is 0. The van der Waals surface area contributed by atoms with Crippen molar-refractivity contribution in [2.24, 2.45) is 0 Å². The number of nitrogens with zero attached hydrogens (tertiary/aromatic N) is 3. The number of hydrogen-bond donors (Lipinski definition) is 0. The van der Waals surface area contributed by atoms with Crippen molar-refractivity contribution in [1.29, 1.82) is 0 Å². The first-order valence-electron chi connectivity index (χ1n) is 24.2. The van der Waals surface area contributed by atoms with Crippen molar-refractivity contribution in [3.05, 3.63) is 273 Å². The van der Waals surface area contributed by atoms with Crippen LogP contribution in [0.5, 0.6) is 0 Å². The number of benzene rings is 11. The summed E-state index contributed by atoms with van der Waals surface area (Å²) in [4.78, 5) is 0. The van der Waals surface area contributed by atoms with E-state index in [1.54, 1.807) is 0 Å². The zero-order valence-corrected chi connectivity index (χ0v) is 39.3. The first-order valence-corrected chi connectivity index (χ1v) is 26.2. The summed E-state index contributed by atoms with van der Waals surface area (Å²) in [6.07, 6.45) is 0. The second-order valence-electron chi connectivity index (χ2n) is 18.4. The minimum atomic E-state index is -3.18. The van der Waals surface area contributed by atoms with Gasteiger partial charge in [0.2, 0.25) is 0 Å². The Morgan fingerprint density at radius 3 is 1.16 bits per heavy atom. The van der Waals surface area contributed by atoms with Gasteiger partial charge in [-0.1, -0.05) is 206 Å². The van der Waals surface area contributed by atoms with Crippen molar-refractivity contribution < 1.29 is 0 Å². The van der Waals surface area contributed by atoms with Crippen molar-refractivity contribution >= 4 is 94.2 Å². The van der Waals surface area contributed by atoms with Gasteiger partial charge in [-0.05, 0) is 98.6 Å². The molecule has 0 N–H and O–H groups in total. The average molecular weight is 908 g/mol. The normalized spacial score (nSPS) is 12.0. The van der Waals surface area contributed by atoms with Crippen LogP contribution >= 0.6 is 0 Å². The van der Waals surface area contributed by atoms with Gasteiger partial charge in [0.1, 0.15) is 0 Å². The van der Waals surface area contributed by atoms with Gasteiger partial charge in [-0.2, -0.15) is 0 Å². The highest BCUT2D eigenvalue weighted by atomic mass is 28.3. The minimum absolute atomic E-state index is 1.13. The summed E-state index contributed by atoms with van der Waals surface area (Å²) in [6.45, 7) is 0. The fraction of sp³-hybridized carbons (Fsp3) is 0. The second-order valence-corrected chi connectivity index (χ2v) is 22.2. The SMILES string of the molecule is c1ccc(-c2cccc(-n3c4ccccc4c4cc(-n5c6ccccc6c6cc(-n7c8ccccc8c8ccccc87)cc([Si](c7ccccc7)(c7ccccc7)c7ccccc7)c65)ccc43)c2)cc1. The molecule has 0 aliphatic rings. The smallest absolute Gasteiger partial charge is 0.181 e. The van der Waals surface area contributed by atoms with Crippen molar-refractivity contribution in [3.8, 4) is 28.2 Å². The monoisotopic (exact) mass is 907 g/mol. The van der Waals surface area contributed by atoms with E-state index >= 15 is 0 Å². The summed E-state index contributed by atoms with van der Waals surface area (Å²) in [5, 5.41) is 12.7. The second kappa shape index (κ2) is 16.1. The number of para-hydroxylation sites is 4. The fourth-order valence-electron chi connectivity index (χ4n) is 11.8. The Morgan fingerprint density at radius 1 is 0.229 bits per heavy atom. The highest BCUT2D eigenvalue weighted by Crippen LogP contribution is 2.40. The Labute approximate surface area is 407 Å². The van der Waals surface area contributed by atoms with Crippen LogP contribution in [0.15, 0.2) is 273 Å². The molecule has 11 aromatic carbocycles. The molecule has 0 aliphatic heterocycles. The van der Waals surface area contributed by atoms with Gasteiger partial charge >= 0.3 is 0 Å². The molecule has 0 radical (unpaired) electrons. The number of hydrogen-bond acceptors (Lipinski definition) is 0. The van der Waals surface area contributed by atoms with Crippen LogP contribution in [0.4, 0.5) is 0 Å². The molecule has 3 nitrogen and oxygen atoms in total. The lowest BCUT2D eigenvalue weighted by molar-refractivity contribution is 1.16. The number of fused-ring (bicyclic) bond motifs is 9. The van der Waals surface area contributed by atoms with E-state index in [9.17, 15) is 0 Å². The van der Waals surface area contributed by atoms with Gasteiger partial charge in [-0.3, -0.25) is 0 Å². The standard InChI is InChI=1S/C66H45N3Si/c1-5-22-46(23-6-1)47-24-21-25-48(42-47)67-62-38-19-15-34-56(62)58-43-49(40-41-64(58)67)69-63-39-20-16-35-57(63)59-44-50(68-60-36-17-13-32-54(60)55-33-14-18-37-61(55)68)45-65(66(59)69)70(51-26-7-2-8-27-51,52-28-9-3-10-29-52)53-30-11-4-12-31-53/h1-45H. The summed E-state index contributed by atoms with van der Waals surface area (Å²) in [7, 11) is -3.18. The molecule has 328 valence electrons. The molecule has 14 aromatic rings. The maximum atomic E-state index is 2.59. The zero-order valence-electron chi connectivity index (χ0n) is 38.3. The molecular weight excluding hydrogens is 863 g/mol. The predicted molar refractivity (Wildman–Crippen MR) is 299 cm³/mol. The van der Waals surface area contributed by atoms with Crippen LogP contribution in [-0.4, -0.2) is 21.8 Å². The molecule has 3 heterocycles. The van der Waals surface area contributed by atoms with Crippen LogP contribution < -0.4 is 20.7 Å². The molecule has 0 aliphatic carbocycles. The van der Waals surface area contributed by atoms with Crippen LogP contribution in [0.3, 0.4) is 0 Å². The van der Waals surface area contributed by atoms with Gasteiger partial charge in [0.05, 0.1) is 33.1 Å². The molecule has 70 heavy (non-hydrogen) atoms. The quantitative estimate of drug-likeness (QED) is 0.107.